The molecule has 2 aromatic rings. The number of rotatable bonds is 6. The Hall–Kier alpha value is -2.00. The van der Waals surface area contributed by atoms with Crippen LogP contribution in [0.3, 0.4) is 0 Å². The molecule has 0 saturated carbocycles. The molecule has 0 aliphatic rings. The second-order valence-electron chi connectivity index (χ2n) is 5.37. The standard InChI is InChI=1S/C19H22ClNO2/c1-4-14-6-8-15(9-7-14)13(3)21-19(22)16-10-11-18(23-5-2)17(20)12-16/h6-13H,4-5H2,1-3H3,(H,21,22)/t13-/m0/s1. The van der Waals surface area contributed by atoms with E-state index in [9.17, 15) is 4.79 Å². The monoisotopic (exact) mass is 331 g/mol. The number of amides is 1. The number of ether oxygens (including phenoxy) is 1. The van der Waals surface area contributed by atoms with Crippen LogP contribution in [-0.2, 0) is 6.42 Å². The molecular weight excluding hydrogens is 310 g/mol. The predicted molar refractivity (Wildman–Crippen MR) is 94.3 cm³/mol. The van der Waals surface area contributed by atoms with E-state index in [2.05, 4.69) is 36.5 Å². The molecule has 4 heteroatoms. The van der Waals surface area contributed by atoms with Crippen molar-refractivity contribution >= 4 is 17.5 Å². The summed E-state index contributed by atoms with van der Waals surface area (Å²) in [5.74, 6) is 0.441. The molecule has 122 valence electrons. The largest absolute Gasteiger partial charge is 0.492 e. The van der Waals surface area contributed by atoms with Crippen molar-refractivity contribution in [1.29, 1.82) is 0 Å². The van der Waals surface area contributed by atoms with Crippen molar-refractivity contribution in [1.82, 2.24) is 5.32 Å². The van der Waals surface area contributed by atoms with Crippen molar-refractivity contribution in [3.05, 3.63) is 64.2 Å². The highest BCUT2D eigenvalue weighted by Crippen LogP contribution is 2.25. The van der Waals surface area contributed by atoms with Gasteiger partial charge in [-0.1, -0.05) is 42.8 Å². The van der Waals surface area contributed by atoms with Gasteiger partial charge in [0, 0.05) is 5.56 Å². The molecular formula is C19H22ClNO2. The van der Waals surface area contributed by atoms with Gasteiger partial charge in [0.25, 0.3) is 5.91 Å². The maximum Gasteiger partial charge on any atom is 0.251 e. The number of nitrogens with one attached hydrogen (secondary N) is 1. The second kappa shape index (κ2) is 8.02. The third-order valence-electron chi connectivity index (χ3n) is 3.73. The van der Waals surface area contributed by atoms with E-state index in [1.165, 1.54) is 5.56 Å². The first-order valence-electron chi connectivity index (χ1n) is 7.87. The van der Waals surface area contributed by atoms with Gasteiger partial charge in [-0.05, 0) is 49.6 Å². The summed E-state index contributed by atoms with van der Waals surface area (Å²) in [6.07, 6.45) is 1.01. The van der Waals surface area contributed by atoms with Crippen LogP contribution < -0.4 is 10.1 Å². The van der Waals surface area contributed by atoms with E-state index in [0.717, 1.165) is 12.0 Å². The van der Waals surface area contributed by atoms with Crippen LogP contribution in [0.15, 0.2) is 42.5 Å². The number of benzene rings is 2. The number of hydrogen-bond acceptors (Lipinski definition) is 2. The number of carbonyl (C=O) groups excluding carboxylic acids is 1. The normalized spacial score (nSPS) is 11.8. The molecule has 1 amide bonds. The lowest BCUT2D eigenvalue weighted by Crippen LogP contribution is -2.26. The second-order valence-corrected chi connectivity index (χ2v) is 5.78. The lowest BCUT2D eigenvalue weighted by atomic mass is 10.0. The van der Waals surface area contributed by atoms with E-state index in [-0.39, 0.29) is 11.9 Å². The molecule has 2 rings (SSSR count). The van der Waals surface area contributed by atoms with Crippen molar-refractivity contribution in [2.24, 2.45) is 0 Å². The summed E-state index contributed by atoms with van der Waals surface area (Å²) in [4.78, 5) is 12.4. The SMILES string of the molecule is CCOc1ccc(C(=O)N[C@@H](C)c2ccc(CC)cc2)cc1Cl. The smallest absolute Gasteiger partial charge is 0.251 e. The third-order valence-corrected chi connectivity index (χ3v) is 4.02. The van der Waals surface area contributed by atoms with Crippen LogP contribution in [0, 0.1) is 0 Å². The molecule has 0 spiro atoms. The minimum absolute atomic E-state index is 0.0706. The summed E-state index contributed by atoms with van der Waals surface area (Å²) in [6, 6.07) is 13.3. The lowest BCUT2D eigenvalue weighted by molar-refractivity contribution is 0.0940. The molecule has 0 aliphatic heterocycles. The van der Waals surface area contributed by atoms with Gasteiger partial charge in [-0.2, -0.15) is 0 Å². The molecule has 3 nitrogen and oxygen atoms in total. The molecule has 0 aromatic heterocycles. The van der Waals surface area contributed by atoms with Gasteiger partial charge < -0.3 is 10.1 Å². The Kier molecular flexibility index (Phi) is 6.05. The maximum absolute atomic E-state index is 12.4. The van der Waals surface area contributed by atoms with E-state index in [1.54, 1.807) is 18.2 Å². The van der Waals surface area contributed by atoms with Gasteiger partial charge in [0.05, 0.1) is 17.7 Å². The molecule has 0 radical (unpaired) electrons. The lowest BCUT2D eigenvalue weighted by Gasteiger charge is -2.15. The summed E-state index contributed by atoms with van der Waals surface area (Å²) >= 11 is 6.13. The van der Waals surface area contributed by atoms with Crippen LogP contribution in [0.4, 0.5) is 0 Å². The Morgan fingerprint density at radius 1 is 1.17 bits per heavy atom. The Labute approximate surface area is 142 Å². The van der Waals surface area contributed by atoms with Crippen LogP contribution in [0.1, 0.15) is 48.3 Å². The molecule has 2 aromatic carbocycles. The van der Waals surface area contributed by atoms with Gasteiger partial charge in [0.15, 0.2) is 0 Å². The summed E-state index contributed by atoms with van der Waals surface area (Å²) in [5, 5.41) is 3.43. The molecule has 0 fully saturated rings. The minimum Gasteiger partial charge on any atom is -0.492 e. The summed E-state index contributed by atoms with van der Waals surface area (Å²) in [7, 11) is 0. The number of hydrogen-bond donors (Lipinski definition) is 1. The van der Waals surface area contributed by atoms with E-state index >= 15 is 0 Å². The van der Waals surface area contributed by atoms with E-state index < -0.39 is 0 Å². The van der Waals surface area contributed by atoms with Gasteiger partial charge in [-0.3, -0.25) is 4.79 Å². The maximum atomic E-state index is 12.4. The van der Waals surface area contributed by atoms with Crippen molar-refractivity contribution in [3.63, 3.8) is 0 Å². The highest BCUT2D eigenvalue weighted by molar-refractivity contribution is 6.32. The van der Waals surface area contributed by atoms with Crippen LogP contribution in [-0.4, -0.2) is 12.5 Å². The average molecular weight is 332 g/mol. The molecule has 0 heterocycles. The molecule has 0 bridgehead atoms. The minimum atomic E-state index is -0.151. The Balaban J connectivity index is 2.06. The average Bonchev–Trinajstić information content (AvgIpc) is 2.56. The third kappa shape index (κ3) is 4.49. The van der Waals surface area contributed by atoms with Gasteiger partial charge in [-0.25, -0.2) is 0 Å². The quantitative estimate of drug-likeness (QED) is 0.826. The van der Waals surface area contributed by atoms with Crippen LogP contribution >= 0.6 is 11.6 Å². The van der Waals surface area contributed by atoms with E-state index in [0.29, 0.717) is 22.9 Å². The van der Waals surface area contributed by atoms with E-state index in [4.69, 9.17) is 16.3 Å². The van der Waals surface area contributed by atoms with Crippen LogP contribution in [0.2, 0.25) is 5.02 Å². The highest BCUT2D eigenvalue weighted by atomic mass is 35.5. The molecule has 0 aliphatic carbocycles. The molecule has 1 N–H and O–H groups in total. The first-order chi connectivity index (χ1) is 11.0. The number of carbonyl (C=O) groups is 1. The fourth-order valence-electron chi connectivity index (χ4n) is 2.32. The fourth-order valence-corrected chi connectivity index (χ4v) is 2.56. The zero-order valence-corrected chi connectivity index (χ0v) is 14.5. The molecule has 23 heavy (non-hydrogen) atoms. The van der Waals surface area contributed by atoms with Gasteiger partial charge in [0.1, 0.15) is 5.75 Å². The van der Waals surface area contributed by atoms with Crippen molar-refractivity contribution < 1.29 is 9.53 Å². The molecule has 1 atom stereocenters. The first kappa shape index (κ1) is 17.4. The predicted octanol–water partition coefficient (Wildman–Crippen LogP) is 4.79. The van der Waals surface area contributed by atoms with Gasteiger partial charge in [0.2, 0.25) is 0 Å². The Morgan fingerprint density at radius 3 is 2.43 bits per heavy atom. The van der Waals surface area contributed by atoms with Crippen molar-refractivity contribution in [2.75, 3.05) is 6.61 Å². The first-order valence-corrected chi connectivity index (χ1v) is 8.25. The van der Waals surface area contributed by atoms with Crippen molar-refractivity contribution in [3.8, 4) is 5.75 Å². The highest BCUT2D eigenvalue weighted by Gasteiger charge is 2.13. The number of aryl methyl sites for hydroxylation is 1. The van der Waals surface area contributed by atoms with Gasteiger partial charge >= 0.3 is 0 Å². The summed E-state index contributed by atoms with van der Waals surface area (Å²) in [6.45, 7) is 6.52. The molecule has 0 unspecified atom stereocenters. The number of halogens is 1. The Bertz CT molecular complexity index is 668. The topological polar surface area (TPSA) is 38.3 Å². The fraction of sp³-hybridized carbons (Fsp3) is 0.316. The van der Waals surface area contributed by atoms with E-state index in [1.807, 2.05) is 13.8 Å². The molecule has 0 saturated heterocycles. The van der Waals surface area contributed by atoms with Crippen molar-refractivity contribution in [2.45, 2.75) is 33.2 Å². The van der Waals surface area contributed by atoms with Crippen LogP contribution in [0.25, 0.3) is 0 Å². The van der Waals surface area contributed by atoms with Crippen LogP contribution in [0.5, 0.6) is 5.75 Å². The van der Waals surface area contributed by atoms with Gasteiger partial charge in [-0.15, -0.1) is 0 Å². The Morgan fingerprint density at radius 2 is 1.87 bits per heavy atom. The summed E-state index contributed by atoms with van der Waals surface area (Å²) < 4.78 is 5.38. The zero-order valence-electron chi connectivity index (χ0n) is 13.7. The zero-order chi connectivity index (χ0) is 16.8. The summed E-state index contributed by atoms with van der Waals surface area (Å²) in [5.41, 5.74) is 2.88.